The van der Waals surface area contributed by atoms with E-state index < -0.39 is 7.14 Å². The highest BCUT2D eigenvalue weighted by molar-refractivity contribution is 7.70. The molecule has 4 aromatic rings. The lowest BCUT2D eigenvalue weighted by atomic mass is 10.0. The van der Waals surface area contributed by atoms with Gasteiger partial charge in [0.15, 0.2) is 0 Å². The van der Waals surface area contributed by atoms with Crippen LogP contribution in [-0.4, -0.2) is 38.8 Å². The summed E-state index contributed by atoms with van der Waals surface area (Å²) < 4.78 is 31.7. The number of hydrogen-bond donors (Lipinski definition) is 1. The molecule has 0 saturated heterocycles. The molecule has 0 aliphatic carbocycles. The smallest absolute Gasteiger partial charge is 0.319 e. The Kier molecular flexibility index (Phi) is 5.69. The van der Waals surface area contributed by atoms with Crippen LogP contribution in [0.5, 0.6) is 0 Å². The minimum Gasteiger partial charge on any atom is -0.319 e. The van der Waals surface area contributed by atoms with Crippen LogP contribution in [0.25, 0.3) is 17.2 Å². The summed E-state index contributed by atoms with van der Waals surface area (Å²) in [6, 6.07) is 10.8. The van der Waals surface area contributed by atoms with Crippen molar-refractivity contribution in [1.82, 2.24) is 24.2 Å². The first-order chi connectivity index (χ1) is 16.6. The summed E-state index contributed by atoms with van der Waals surface area (Å²) in [5, 5.41) is 9.10. The fourth-order valence-electron chi connectivity index (χ4n) is 4.77. The average molecular weight is 494 g/mol. The number of nitrogens with zero attached hydrogens (tertiary/aromatic N) is 4. The van der Waals surface area contributed by atoms with Gasteiger partial charge in [-0.1, -0.05) is 0 Å². The van der Waals surface area contributed by atoms with E-state index in [1.54, 1.807) is 65.5 Å². The second-order valence-corrected chi connectivity index (χ2v) is 12.8. The third-order valence-corrected chi connectivity index (χ3v) is 8.18. The van der Waals surface area contributed by atoms with Gasteiger partial charge in [0.05, 0.1) is 17.1 Å². The van der Waals surface area contributed by atoms with Crippen LogP contribution in [-0.2, 0) is 11.0 Å². The van der Waals surface area contributed by atoms with Crippen LogP contribution in [0.4, 0.5) is 4.39 Å². The molecule has 0 fully saturated rings. The van der Waals surface area contributed by atoms with Crippen LogP contribution in [0.2, 0.25) is 0 Å². The minimum atomic E-state index is -2.39. The highest BCUT2D eigenvalue weighted by Crippen LogP contribution is 2.34. The summed E-state index contributed by atoms with van der Waals surface area (Å²) in [4.78, 5) is 13.7. The van der Waals surface area contributed by atoms with Crippen molar-refractivity contribution in [2.45, 2.75) is 33.2 Å². The molecule has 3 heterocycles. The van der Waals surface area contributed by atoms with Gasteiger partial charge in [0, 0.05) is 42.3 Å². The van der Waals surface area contributed by atoms with Crippen LogP contribution in [0, 0.1) is 19.7 Å². The molecule has 1 aliphatic rings. The van der Waals surface area contributed by atoms with Gasteiger partial charge in [-0.15, -0.1) is 0 Å². The van der Waals surface area contributed by atoms with Gasteiger partial charge in [0.25, 0.3) is 0 Å². The van der Waals surface area contributed by atoms with Gasteiger partial charge in [-0.2, -0.15) is 5.10 Å². The van der Waals surface area contributed by atoms with Crippen molar-refractivity contribution >= 4 is 12.4 Å². The second kappa shape index (κ2) is 8.47. The number of benzene rings is 2. The van der Waals surface area contributed by atoms with Gasteiger partial charge in [0.1, 0.15) is 18.8 Å². The molecule has 1 aliphatic heterocycles. The molecule has 7 nitrogen and oxygen atoms in total. The molecule has 182 valence electrons. The summed E-state index contributed by atoms with van der Waals surface area (Å²) in [7, 11) is -2.39. The van der Waals surface area contributed by atoms with Crippen LogP contribution in [0.15, 0.2) is 53.6 Å². The molecular formula is C26H29FN5O2P. The van der Waals surface area contributed by atoms with Crippen LogP contribution in [0.3, 0.4) is 0 Å². The highest BCUT2D eigenvalue weighted by atomic mass is 31.2. The molecule has 35 heavy (non-hydrogen) atoms. The Morgan fingerprint density at radius 2 is 1.66 bits per heavy atom. The molecule has 0 amide bonds. The first-order valence-corrected chi connectivity index (χ1v) is 14.2. The highest BCUT2D eigenvalue weighted by Gasteiger charge is 2.29. The number of imidazole rings is 1. The van der Waals surface area contributed by atoms with Crippen LogP contribution < -0.4 is 16.3 Å². The maximum Gasteiger partial charge on any atom is 0.338 e. The van der Waals surface area contributed by atoms with Crippen molar-refractivity contribution in [3.63, 3.8) is 0 Å². The van der Waals surface area contributed by atoms with Crippen molar-refractivity contribution in [1.29, 1.82) is 0 Å². The second-order valence-electron chi connectivity index (χ2n) is 9.60. The van der Waals surface area contributed by atoms with Crippen molar-refractivity contribution < 1.29 is 8.96 Å². The van der Waals surface area contributed by atoms with Gasteiger partial charge >= 0.3 is 5.69 Å². The lowest BCUT2D eigenvalue weighted by molar-refractivity contribution is 0.536. The van der Waals surface area contributed by atoms with Crippen LogP contribution in [0.1, 0.15) is 35.3 Å². The molecule has 0 saturated carbocycles. The van der Waals surface area contributed by atoms with E-state index in [9.17, 15) is 13.8 Å². The van der Waals surface area contributed by atoms with Gasteiger partial charge in [0.2, 0.25) is 0 Å². The summed E-state index contributed by atoms with van der Waals surface area (Å²) in [5.41, 5.74) is 4.10. The predicted molar refractivity (Wildman–Crippen MR) is 137 cm³/mol. The molecule has 2 aromatic heterocycles. The number of fused-ring (bicyclic) bond motifs is 1. The predicted octanol–water partition coefficient (Wildman–Crippen LogP) is 4.02. The fourth-order valence-corrected chi connectivity index (χ4v) is 5.63. The Bertz CT molecular complexity index is 1520. The molecule has 2 aromatic carbocycles. The Hall–Kier alpha value is -3.22. The Morgan fingerprint density at radius 1 is 1.03 bits per heavy atom. The molecule has 1 unspecified atom stereocenters. The van der Waals surface area contributed by atoms with Crippen LogP contribution >= 0.6 is 7.14 Å². The molecular weight excluding hydrogens is 464 g/mol. The quantitative estimate of drug-likeness (QED) is 0.436. The molecule has 0 bridgehead atoms. The minimum absolute atomic E-state index is 0.00271. The Balaban J connectivity index is 1.70. The van der Waals surface area contributed by atoms with E-state index in [1.165, 1.54) is 0 Å². The molecule has 0 spiro atoms. The zero-order valence-electron chi connectivity index (χ0n) is 20.5. The topological polar surface area (TPSA) is 73.8 Å². The molecule has 5 rings (SSSR count). The number of nitrogens with one attached hydrogen (secondary N) is 1. The monoisotopic (exact) mass is 493 g/mol. The SMILES string of the molecule is Cc1cc(-n2nc3c(c2-n2ccn(-c4ccc(P(C)(C)=O)cc4)c2=O)C(C)NCC3)cc(C)c1F. The van der Waals surface area contributed by atoms with E-state index in [0.717, 1.165) is 29.5 Å². The standard InChI is InChI=1S/C26H29FN5O2P/c1-16-14-20(15-17(2)24(16)27)32-25(23-18(3)28-11-10-22(23)29-32)31-13-12-30(26(31)33)19-6-8-21(9-7-19)35(4,5)34/h6-9,12-15,18,28H,10-11H2,1-5H3. The summed E-state index contributed by atoms with van der Waals surface area (Å²) in [6.45, 7) is 9.77. The van der Waals surface area contributed by atoms with E-state index in [1.807, 2.05) is 24.3 Å². The summed E-state index contributed by atoms with van der Waals surface area (Å²) in [6.07, 6.45) is 4.20. The number of aryl methyl sites for hydroxylation is 2. The Labute approximate surface area is 203 Å². The third-order valence-electron chi connectivity index (χ3n) is 6.64. The van der Waals surface area contributed by atoms with E-state index in [4.69, 9.17) is 5.10 Å². The van der Waals surface area contributed by atoms with E-state index in [-0.39, 0.29) is 17.5 Å². The fraction of sp³-hybridized carbons (Fsp3) is 0.308. The average Bonchev–Trinajstić information content (AvgIpc) is 3.37. The van der Waals surface area contributed by atoms with Crippen molar-refractivity contribution in [2.24, 2.45) is 0 Å². The molecule has 0 radical (unpaired) electrons. The normalized spacial score (nSPS) is 15.9. The lowest BCUT2D eigenvalue weighted by Crippen LogP contribution is -2.30. The Morgan fingerprint density at radius 3 is 2.29 bits per heavy atom. The molecule has 9 heteroatoms. The number of rotatable bonds is 4. The van der Waals surface area contributed by atoms with Gasteiger partial charge in [-0.3, -0.25) is 9.13 Å². The molecule has 1 N–H and O–H groups in total. The summed E-state index contributed by atoms with van der Waals surface area (Å²) >= 11 is 0. The van der Waals surface area contributed by atoms with Gasteiger partial charge < -0.3 is 9.88 Å². The first-order valence-electron chi connectivity index (χ1n) is 11.6. The zero-order chi connectivity index (χ0) is 25.1. The lowest BCUT2D eigenvalue weighted by Gasteiger charge is -2.21. The number of hydrogen-bond acceptors (Lipinski definition) is 4. The van der Waals surface area contributed by atoms with E-state index in [2.05, 4.69) is 12.2 Å². The van der Waals surface area contributed by atoms with Gasteiger partial charge in [-0.05, 0) is 81.6 Å². The van der Waals surface area contributed by atoms with E-state index in [0.29, 0.717) is 28.3 Å². The largest absolute Gasteiger partial charge is 0.338 e. The van der Waals surface area contributed by atoms with Gasteiger partial charge in [-0.25, -0.2) is 13.9 Å². The van der Waals surface area contributed by atoms with Crippen molar-refractivity contribution in [3.8, 4) is 17.2 Å². The summed E-state index contributed by atoms with van der Waals surface area (Å²) in [5.74, 6) is 0.412. The third kappa shape index (κ3) is 4.01. The van der Waals surface area contributed by atoms with E-state index >= 15 is 0 Å². The maximum atomic E-state index is 14.4. The molecule has 1 atom stereocenters. The van der Waals surface area contributed by atoms with Crippen molar-refractivity contribution in [3.05, 3.63) is 87.5 Å². The first kappa shape index (κ1) is 23.5. The zero-order valence-corrected chi connectivity index (χ0v) is 21.4. The number of aromatic nitrogens is 4. The van der Waals surface area contributed by atoms with Crippen molar-refractivity contribution in [2.75, 3.05) is 19.9 Å². The maximum absolute atomic E-state index is 14.4. The number of halogens is 1.